The van der Waals surface area contributed by atoms with Crippen molar-refractivity contribution in [1.82, 2.24) is 10.2 Å². The molecule has 0 saturated carbocycles. The summed E-state index contributed by atoms with van der Waals surface area (Å²) in [6.07, 6.45) is 2.97. The van der Waals surface area contributed by atoms with Gasteiger partial charge in [0.2, 0.25) is 11.8 Å². The van der Waals surface area contributed by atoms with Gasteiger partial charge in [-0.05, 0) is 53.6 Å². The molecule has 0 bridgehead atoms. The third-order valence-electron chi connectivity index (χ3n) is 7.76. The van der Waals surface area contributed by atoms with Crippen molar-refractivity contribution in [1.29, 1.82) is 0 Å². The van der Waals surface area contributed by atoms with Gasteiger partial charge in [-0.25, -0.2) is 0 Å². The smallest absolute Gasteiger partial charge is 0.258 e. The summed E-state index contributed by atoms with van der Waals surface area (Å²) in [5, 5.41) is 5.08. The van der Waals surface area contributed by atoms with Crippen molar-refractivity contribution in [3.8, 4) is 0 Å². The molecule has 1 aliphatic rings. The lowest BCUT2D eigenvalue weighted by Crippen LogP contribution is -2.50. The minimum atomic E-state index is -0.665. The zero-order chi connectivity index (χ0) is 29.5. The van der Waals surface area contributed by atoms with E-state index in [1.807, 2.05) is 91.0 Å². The third kappa shape index (κ3) is 6.73. The van der Waals surface area contributed by atoms with Crippen LogP contribution in [0.4, 0.5) is 5.69 Å². The molecule has 3 amide bonds. The highest BCUT2D eigenvalue weighted by molar-refractivity contribution is 9.10. The molecule has 7 heteroatoms. The standard InChI is InChI=1S/C35H36BrN3O3/c1-2-3-20-37-34(41)31(23-25-11-5-4-6-12-25)39(24-26-13-7-16-28(36)22-26)32(40)19-10-21-38-30-18-9-15-27-14-8-17-29(33(27)30)35(38)42/h4-9,11-18,22,31H,2-3,10,19-21,23-24H2,1H3,(H,37,41)/t31-/m0/s1. The van der Waals surface area contributed by atoms with E-state index in [1.54, 1.807) is 9.80 Å². The first-order valence-corrected chi connectivity index (χ1v) is 15.4. The number of unbranched alkanes of at least 4 members (excludes halogenated alkanes) is 1. The van der Waals surface area contributed by atoms with Crippen LogP contribution in [0.15, 0.2) is 95.5 Å². The summed E-state index contributed by atoms with van der Waals surface area (Å²) in [4.78, 5) is 44.4. The van der Waals surface area contributed by atoms with Gasteiger partial charge in [0.1, 0.15) is 6.04 Å². The van der Waals surface area contributed by atoms with Crippen LogP contribution in [-0.2, 0) is 22.6 Å². The highest BCUT2D eigenvalue weighted by Gasteiger charge is 2.32. The fourth-order valence-electron chi connectivity index (χ4n) is 5.63. The van der Waals surface area contributed by atoms with Gasteiger partial charge >= 0.3 is 0 Å². The summed E-state index contributed by atoms with van der Waals surface area (Å²) in [7, 11) is 0. The van der Waals surface area contributed by atoms with E-state index in [0.29, 0.717) is 38.0 Å². The molecule has 1 heterocycles. The average molecular weight is 627 g/mol. The Hall–Kier alpha value is -3.97. The van der Waals surface area contributed by atoms with E-state index < -0.39 is 6.04 Å². The van der Waals surface area contributed by atoms with Gasteiger partial charge in [0, 0.05) is 47.9 Å². The van der Waals surface area contributed by atoms with Crippen LogP contribution in [0.3, 0.4) is 0 Å². The molecule has 4 aromatic rings. The van der Waals surface area contributed by atoms with Gasteiger partial charge in [0.15, 0.2) is 0 Å². The van der Waals surface area contributed by atoms with E-state index in [4.69, 9.17) is 0 Å². The molecule has 216 valence electrons. The van der Waals surface area contributed by atoms with E-state index in [-0.39, 0.29) is 24.1 Å². The minimum Gasteiger partial charge on any atom is -0.354 e. The number of hydrogen-bond donors (Lipinski definition) is 1. The van der Waals surface area contributed by atoms with E-state index in [0.717, 1.165) is 44.9 Å². The van der Waals surface area contributed by atoms with Crippen molar-refractivity contribution in [3.05, 3.63) is 112 Å². The first kappa shape index (κ1) is 29.5. The molecule has 1 aliphatic heterocycles. The Balaban J connectivity index is 1.36. The molecule has 0 unspecified atom stereocenters. The summed E-state index contributed by atoms with van der Waals surface area (Å²) in [5.41, 5.74) is 3.53. The predicted octanol–water partition coefficient (Wildman–Crippen LogP) is 6.90. The zero-order valence-electron chi connectivity index (χ0n) is 23.9. The van der Waals surface area contributed by atoms with Crippen molar-refractivity contribution < 1.29 is 14.4 Å². The van der Waals surface area contributed by atoms with Gasteiger partial charge in [0.05, 0.1) is 5.69 Å². The van der Waals surface area contributed by atoms with Crippen molar-refractivity contribution in [3.63, 3.8) is 0 Å². The summed E-state index contributed by atoms with van der Waals surface area (Å²) in [6.45, 7) is 3.39. The molecular formula is C35H36BrN3O3. The van der Waals surface area contributed by atoms with E-state index >= 15 is 0 Å². The van der Waals surface area contributed by atoms with Crippen molar-refractivity contribution >= 4 is 50.1 Å². The number of hydrogen-bond acceptors (Lipinski definition) is 3. The topological polar surface area (TPSA) is 69.7 Å². The number of carbonyl (C=O) groups is 3. The van der Waals surface area contributed by atoms with Crippen LogP contribution in [-0.4, -0.2) is 41.8 Å². The van der Waals surface area contributed by atoms with Crippen LogP contribution in [0, 0.1) is 0 Å². The van der Waals surface area contributed by atoms with Crippen LogP contribution in [0.25, 0.3) is 10.8 Å². The first-order valence-electron chi connectivity index (χ1n) is 14.7. The maximum atomic E-state index is 14.0. The summed E-state index contributed by atoms with van der Waals surface area (Å²) in [5.74, 6) is -0.283. The first-order chi connectivity index (χ1) is 20.5. The largest absolute Gasteiger partial charge is 0.354 e. The Bertz CT molecular complexity index is 1570. The molecule has 6 nitrogen and oxygen atoms in total. The molecule has 42 heavy (non-hydrogen) atoms. The number of anilines is 1. The molecule has 0 radical (unpaired) electrons. The lowest BCUT2D eigenvalue weighted by Gasteiger charge is -2.32. The third-order valence-corrected chi connectivity index (χ3v) is 8.26. The number of amides is 3. The number of nitrogens with one attached hydrogen (secondary N) is 1. The van der Waals surface area contributed by atoms with Crippen molar-refractivity contribution in [2.24, 2.45) is 0 Å². The molecular weight excluding hydrogens is 590 g/mol. The lowest BCUT2D eigenvalue weighted by atomic mass is 10.0. The Labute approximate surface area is 255 Å². The van der Waals surface area contributed by atoms with Crippen LogP contribution in [0.5, 0.6) is 0 Å². The molecule has 0 spiro atoms. The fraction of sp³-hybridized carbons (Fsp3) is 0.286. The minimum absolute atomic E-state index is 0.0301. The Kier molecular flexibility index (Phi) is 9.70. The van der Waals surface area contributed by atoms with E-state index in [2.05, 4.69) is 28.2 Å². The molecule has 1 atom stereocenters. The molecule has 0 aromatic heterocycles. The molecule has 1 N–H and O–H groups in total. The van der Waals surface area contributed by atoms with E-state index in [9.17, 15) is 14.4 Å². The SMILES string of the molecule is CCCCNC(=O)[C@H](Cc1ccccc1)N(Cc1cccc(Br)c1)C(=O)CCCN1C(=O)c2cccc3cccc1c23. The normalized spacial score (nSPS) is 12.9. The maximum absolute atomic E-state index is 14.0. The van der Waals surface area contributed by atoms with Gasteiger partial charge in [-0.1, -0.05) is 96.0 Å². The summed E-state index contributed by atoms with van der Waals surface area (Å²) in [6, 6.07) is 28.7. The average Bonchev–Trinajstić information content (AvgIpc) is 3.27. The molecule has 5 rings (SSSR count). The summed E-state index contributed by atoms with van der Waals surface area (Å²) < 4.78 is 0.917. The lowest BCUT2D eigenvalue weighted by molar-refractivity contribution is -0.141. The number of nitrogens with zero attached hydrogens (tertiary/aromatic N) is 2. The molecule has 0 aliphatic carbocycles. The van der Waals surface area contributed by atoms with E-state index in [1.165, 1.54) is 0 Å². The Morgan fingerprint density at radius 3 is 2.40 bits per heavy atom. The monoisotopic (exact) mass is 625 g/mol. The zero-order valence-corrected chi connectivity index (χ0v) is 25.5. The van der Waals surface area contributed by atoms with Crippen LogP contribution < -0.4 is 10.2 Å². The number of carbonyl (C=O) groups excluding carboxylic acids is 3. The van der Waals surface area contributed by atoms with Crippen molar-refractivity contribution in [2.45, 2.75) is 51.6 Å². The van der Waals surface area contributed by atoms with Gasteiger partial charge in [0.25, 0.3) is 5.91 Å². The second-order valence-electron chi connectivity index (χ2n) is 10.7. The predicted molar refractivity (Wildman–Crippen MR) is 171 cm³/mol. The molecule has 0 fully saturated rings. The number of rotatable bonds is 13. The molecule has 4 aromatic carbocycles. The van der Waals surface area contributed by atoms with Crippen LogP contribution in [0.2, 0.25) is 0 Å². The van der Waals surface area contributed by atoms with Crippen LogP contribution in [0.1, 0.15) is 54.1 Å². The highest BCUT2D eigenvalue weighted by Crippen LogP contribution is 2.37. The van der Waals surface area contributed by atoms with Gasteiger partial charge < -0.3 is 15.1 Å². The number of halogens is 1. The second-order valence-corrected chi connectivity index (χ2v) is 11.7. The fourth-order valence-corrected chi connectivity index (χ4v) is 6.07. The second kappa shape index (κ2) is 13.8. The van der Waals surface area contributed by atoms with Crippen LogP contribution >= 0.6 is 15.9 Å². The maximum Gasteiger partial charge on any atom is 0.258 e. The quantitative estimate of drug-likeness (QED) is 0.164. The summed E-state index contributed by atoms with van der Waals surface area (Å²) >= 11 is 3.54. The number of benzene rings is 4. The highest BCUT2D eigenvalue weighted by atomic mass is 79.9. The van der Waals surface area contributed by atoms with Gasteiger partial charge in [-0.2, -0.15) is 0 Å². The Morgan fingerprint density at radius 1 is 0.905 bits per heavy atom. The van der Waals surface area contributed by atoms with Gasteiger partial charge in [-0.3, -0.25) is 14.4 Å². The van der Waals surface area contributed by atoms with Crippen molar-refractivity contribution in [2.75, 3.05) is 18.0 Å². The molecule has 0 saturated heterocycles. The Morgan fingerprint density at radius 2 is 1.64 bits per heavy atom. The van der Waals surface area contributed by atoms with Gasteiger partial charge in [-0.15, -0.1) is 0 Å².